The predicted molar refractivity (Wildman–Crippen MR) is 67.4 cm³/mol. The Balaban J connectivity index is 2.07. The molecule has 4 nitrogen and oxygen atoms in total. The summed E-state index contributed by atoms with van der Waals surface area (Å²) in [6, 6.07) is 7.46. The maximum absolute atomic E-state index is 5.80. The standard InChI is InChI=1S/C12H12ClN3O/c1-17-12-9(3-2-5-15-12)8-16-10-4-6-14-11(13)7-10/h2-7H,8H2,1H3,(H,14,16). The Labute approximate surface area is 105 Å². The van der Waals surface area contributed by atoms with Crippen LogP contribution in [0.4, 0.5) is 5.69 Å². The predicted octanol–water partition coefficient (Wildman–Crippen LogP) is 2.75. The maximum atomic E-state index is 5.80. The Kier molecular flexibility index (Phi) is 3.77. The summed E-state index contributed by atoms with van der Waals surface area (Å²) in [6.07, 6.45) is 3.36. The van der Waals surface area contributed by atoms with Crippen molar-refractivity contribution in [3.63, 3.8) is 0 Å². The molecule has 0 aliphatic rings. The summed E-state index contributed by atoms with van der Waals surface area (Å²) >= 11 is 5.80. The number of methoxy groups -OCH3 is 1. The first-order valence-electron chi connectivity index (χ1n) is 5.13. The average Bonchev–Trinajstić information content (AvgIpc) is 2.37. The Hall–Kier alpha value is -1.81. The lowest BCUT2D eigenvalue weighted by Gasteiger charge is -2.09. The van der Waals surface area contributed by atoms with E-state index in [0.717, 1.165) is 11.3 Å². The van der Waals surface area contributed by atoms with E-state index in [9.17, 15) is 0 Å². The monoisotopic (exact) mass is 249 g/mol. The molecule has 0 fully saturated rings. The summed E-state index contributed by atoms with van der Waals surface area (Å²) in [5.41, 5.74) is 1.90. The van der Waals surface area contributed by atoms with Gasteiger partial charge in [-0.15, -0.1) is 0 Å². The molecule has 0 saturated carbocycles. The molecule has 5 heteroatoms. The Morgan fingerprint density at radius 3 is 2.94 bits per heavy atom. The molecule has 2 heterocycles. The van der Waals surface area contributed by atoms with Crippen LogP contribution in [0, 0.1) is 0 Å². The number of hydrogen-bond acceptors (Lipinski definition) is 4. The number of ether oxygens (including phenoxy) is 1. The fourth-order valence-electron chi connectivity index (χ4n) is 1.45. The summed E-state index contributed by atoms with van der Waals surface area (Å²) < 4.78 is 5.17. The highest BCUT2D eigenvalue weighted by atomic mass is 35.5. The van der Waals surface area contributed by atoms with Gasteiger partial charge < -0.3 is 10.1 Å². The van der Waals surface area contributed by atoms with E-state index < -0.39 is 0 Å². The van der Waals surface area contributed by atoms with Gasteiger partial charge in [0.25, 0.3) is 0 Å². The third-order valence-corrected chi connectivity index (χ3v) is 2.46. The molecule has 2 aromatic rings. The fraction of sp³-hybridized carbons (Fsp3) is 0.167. The molecule has 2 aromatic heterocycles. The summed E-state index contributed by atoms with van der Waals surface area (Å²) in [6.45, 7) is 0.622. The molecule has 0 aliphatic carbocycles. The second-order valence-corrected chi connectivity index (χ2v) is 3.78. The van der Waals surface area contributed by atoms with E-state index in [1.54, 1.807) is 25.6 Å². The smallest absolute Gasteiger partial charge is 0.218 e. The highest BCUT2D eigenvalue weighted by Gasteiger charge is 2.02. The molecule has 1 N–H and O–H groups in total. The van der Waals surface area contributed by atoms with Crippen LogP contribution < -0.4 is 10.1 Å². The first-order valence-corrected chi connectivity index (χ1v) is 5.50. The lowest BCUT2D eigenvalue weighted by molar-refractivity contribution is 0.393. The molecule has 0 radical (unpaired) electrons. The van der Waals surface area contributed by atoms with E-state index in [1.165, 1.54) is 0 Å². The Morgan fingerprint density at radius 1 is 1.29 bits per heavy atom. The molecule has 0 amide bonds. The summed E-state index contributed by atoms with van der Waals surface area (Å²) in [4.78, 5) is 8.04. The molecule has 0 unspecified atom stereocenters. The van der Waals surface area contributed by atoms with Crippen molar-refractivity contribution in [3.05, 3.63) is 47.4 Å². The van der Waals surface area contributed by atoms with Crippen LogP contribution in [0.1, 0.15) is 5.56 Å². The molecule has 0 spiro atoms. The molecular weight excluding hydrogens is 238 g/mol. The van der Waals surface area contributed by atoms with Crippen molar-refractivity contribution in [1.29, 1.82) is 0 Å². The quantitative estimate of drug-likeness (QED) is 0.847. The first-order chi connectivity index (χ1) is 8.29. The summed E-state index contributed by atoms with van der Waals surface area (Å²) in [5.74, 6) is 0.625. The number of hydrogen-bond donors (Lipinski definition) is 1. The van der Waals surface area contributed by atoms with Gasteiger partial charge >= 0.3 is 0 Å². The molecule has 88 valence electrons. The summed E-state index contributed by atoms with van der Waals surface area (Å²) in [7, 11) is 1.61. The average molecular weight is 250 g/mol. The van der Waals surface area contributed by atoms with Crippen molar-refractivity contribution < 1.29 is 4.74 Å². The lowest BCUT2D eigenvalue weighted by Crippen LogP contribution is -2.02. The van der Waals surface area contributed by atoms with Crippen LogP contribution in [-0.2, 0) is 6.54 Å². The van der Waals surface area contributed by atoms with Gasteiger partial charge in [-0.25, -0.2) is 9.97 Å². The van der Waals surface area contributed by atoms with E-state index >= 15 is 0 Å². The van der Waals surface area contributed by atoms with Crippen LogP contribution in [0.5, 0.6) is 5.88 Å². The van der Waals surface area contributed by atoms with E-state index in [0.29, 0.717) is 17.6 Å². The highest BCUT2D eigenvalue weighted by molar-refractivity contribution is 6.29. The van der Waals surface area contributed by atoms with Crippen LogP contribution in [-0.4, -0.2) is 17.1 Å². The number of nitrogens with one attached hydrogen (secondary N) is 1. The van der Waals surface area contributed by atoms with E-state index in [1.807, 2.05) is 18.2 Å². The SMILES string of the molecule is COc1ncccc1CNc1ccnc(Cl)c1. The second-order valence-electron chi connectivity index (χ2n) is 3.39. The van der Waals surface area contributed by atoms with Crippen molar-refractivity contribution >= 4 is 17.3 Å². The topological polar surface area (TPSA) is 47.0 Å². The second kappa shape index (κ2) is 5.50. The van der Waals surface area contributed by atoms with Gasteiger partial charge in [0.05, 0.1) is 7.11 Å². The van der Waals surface area contributed by atoms with Crippen LogP contribution in [0.3, 0.4) is 0 Å². The van der Waals surface area contributed by atoms with Crippen LogP contribution in [0.2, 0.25) is 5.15 Å². The lowest BCUT2D eigenvalue weighted by atomic mass is 10.2. The van der Waals surface area contributed by atoms with Gasteiger partial charge in [-0.1, -0.05) is 17.7 Å². The van der Waals surface area contributed by atoms with Crippen LogP contribution in [0.15, 0.2) is 36.7 Å². The van der Waals surface area contributed by atoms with Gasteiger partial charge in [0.1, 0.15) is 5.15 Å². The Bertz CT molecular complexity index is 505. The van der Waals surface area contributed by atoms with E-state index in [2.05, 4.69) is 15.3 Å². The maximum Gasteiger partial charge on any atom is 0.218 e. The minimum absolute atomic E-state index is 0.466. The van der Waals surface area contributed by atoms with Crippen LogP contribution >= 0.6 is 11.6 Å². The van der Waals surface area contributed by atoms with Crippen molar-refractivity contribution in [2.24, 2.45) is 0 Å². The third-order valence-electron chi connectivity index (χ3n) is 2.25. The van der Waals surface area contributed by atoms with Gasteiger partial charge in [0.2, 0.25) is 5.88 Å². The molecule has 0 aliphatic heterocycles. The van der Waals surface area contributed by atoms with Gasteiger partial charge in [-0.05, 0) is 18.2 Å². The number of pyridine rings is 2. The molecule has 0 atom stereocenters. The van der Waals surface area contributed by atoms with Crippen molar-refractivity contribution in [3.8, 4) is 5.88 Å². The van der Waals surface area contributed by atoms with Gasteiger partial charge in [0, 0.05) is 30.2 Å². The Morgan fingerprint density at radius 2 is 2.18 bits per heavy atom. The van der Waals surface area contributed by atoms with Crippen molar-refractivity contribution in [2.75, 3.05) is 12.4 Å². The van der Waals surface area contributed by atoms with Crippen molar-refractivity contribution in [2.45, 2.75) is 6.54 Å². The van der Waals surface area contributed by atoms with Gasteiger partial charge in [0.15, 0.2) is 0 Å². The minimum atomic E-state index is 0.466. The molecule has 2 rings (SSSR count). The van der Waals surface area contributed by atoms with Gasteiger partial charge in [-0.3, -0.25) is 0 Å². The zero-order chi connectivity index (χ0) is 12.1. The number of halogens is 1. The van der Waals surface area contributed by atoms with Crippen LogP contribution in [0.25, 0.3) is 0 Å². The number of rotatable bonds is 4. The van der Waals surface area contributed by atoms with Gasteiger partial charge in [-0.2, -0.15) is 0 Å². The number of nitrogens with zero attached hydrogens (tertiary/aromatic N) is 2. The van der Waals surface area contributed by atoms with E-state index in [4.69, 9.17) is 16.3 Å². The summed E-state index contributed by atoms with van der Waals surface area (Å²) in [5, 5.41) is 3.70. The molecule has 0 saturated heterocycles. The number of aromatic nitrogens is 2. The largest absolute Gasteiger partial charge is 0.481 e. The normalized spacial score (nSPS) is 10.0. The molecular formula is C12H12ClN3O. The first kappa shape index (κ1) is 11.7. The third kappa shape index (κ3) is 3.07. The highest BCUT2D eigenvalue weighted by Crippen LogP contribution is 2.17. The fourth-order valence-corrected chi connectivity index (χ4v) is 1.63. The molecule has 17 heavy (non-hydrogen) atoms. The zero-order valence-corrected chi connectivity index (χ0v) is 10.1. The van der Waals surface area contributed by atoms with Crippen molar-refractivity contribution in [1.82, 2.24) is 9.97 Å². The molecule has 0 bridgehead atoms. The number of anilines is 1. The minimum Gasteiger partial charge on any atom is -0.481 e. The zero-order valence-electron chi connectivity index (χ0n) is 9.35. The molecule has 0 aromatic carbocycles. The van der Waals surface area contributed by atoms with E-state index in [-0.39, 0.29) is 0 Å².